The molecule has 3 rings (SSSR count). The predicted octanol–water partition coefficient (Wildman–Crippen LogP) is 4.79. The van der Waals surface area contributed by atoms with Gasteiger partial charge >= 0.3 is 0 Å². The maximum Gasteiger partial charge on any atom is 0.262 e. The SMILES string of the molecule is Cc1nc(-c2ccccc2NC(=O)COc2ccccc2Cl)cs1. The third-order valence-electron chi connectivity index (χ3n) is 3.29. The largest absolute Gasteiger partial charge is 0.482 e. The Bertz CT molecular complexity index is 863. The first-order valence-corrected chi connectivity index (χ1v) is 8.58. The number of nitrogens with zero attached hydrogens (tertiary/aromatic N) is 1. The second-order valence-corrected chi connectivity index (χ2v) is 6.53. The van der Waals surface area contributed by atoms with E-state index in [-0.39, 0.29) is 12.5 Å². The van der Waals surface area contributed by atoms with E-state index in [1.165, 1.54) is 0 Å². The van der Waals surface area contributed by atoms with Gasteiger partial charge in [0.2, 0.25) is 0 Å². The smallest absolute Gasteiger partial charge is 0.262 e. The van der Waals surface area contributed by atoms with Gasteiger partial charge in [-0.05, 0) is 25.1 Å². The van der Waals surface area contributed by atoms with E-state index in [0.29, 0.717) is 16.5 Å². The zero-order chi connectivity index (χ0) is 16.9. The van der Waals surface area contributed by atoms with Gasteiger partial charge in [-0.15, -0.1) is 11.3 Å². The number of amides is 1. The van der Waals surface area contributed by atoms with Gasteiger partial charge in [0, 0.05) is 10.9 Å². The zero-order valence-electron chi connectivity index (χ0n) is 13.0. The average Bonchev–Trinajstić information content (AvgIpc) is 3.01. The molecular formula is C18H15ClN2O2S. The molecule has 0 aliphatic heterocycles. The number of thiazole rings is 1. The summed E-state index contributed by atoms with van der Waals surface area (Å²) in [6.07, 6.45) is 0. The molecule has 122 valence electrons. The summed E-state index contributed by atoms with van der Waals surface area (Å²) in [5.74, 6) is 0.229. The normalized spacial score (nSPS) is 10.4. The first-order valence-electron chi connectivity index (χ1n) is 7.32. The molecule has 1 N–H and O–H groups in total. The van der Waals surface area contributed by atoms with Crippen molar-refractivity contribution < 1.29 is 9.53 Å². The minimum Gasteiger partial charge on any atom is -0.482 e. The Morgan fingerprint density at radius 2 is 1.96 bits per heavy atom. The summed E-state index contributed by atoms with van der Waals surface area (Å²) in [7, 11) is 0. The number of halogens is 1. The van der Waals surface area contributed by atoms with E-state index in [2.05, 4.69) is 10.3 Å². The number of hydrogen-bond acceptors (Lipinski definition) is 4. The fourth-order valence-corrected chi connectivity index (χ4v) is 3.00. The number of nitrogens with one attached hydrogen (secondary N) is 1. The fourth-order valence-electron chi connectivity index (χ4n) is 2.19. The van der Waals surface area contributed by atoms with Crippen molar-refractivity contribution in [3.63, 3.8) is 0 Å². The topological polar surface area (TPSA) is 51.2 Å². The molecular weight excluding hydrogens is 344 g/mol. The molecule has 1 amide bonds. The van der Waals surface area contributed by atoms with Crippen molar-refractivity contribution in [3.8, 4) is 17.0 Å². The van der Waals surface area contributed by atoms with Crippen molar-refractivity contribution in [2.45, 2.75) is 6.92 Å². The molecule has 1 aromatic heterocycles. The van der Waals surface area contributed by atoms with Gasteiger partial charge in [0.15, 0.2) is 6.61 Å². The molecule has 0 aliphatic carbocycles. The molecule has 0 spiro atoms. The summed E-state index contributed by atoms with van der Waals surface area (Å²) in [6.45, 7) is 1.83. The van der Waals surface area contributed by atoms with E-state index >= 15 is 0 Å². The van der Waals surface area contributed by atoms with Crippen LogP contribution in [0.15, 0.2) is 53.9 Å². The van der Waals surface area contributed by atoms with E-state index in [1.54, 1.807) is 35.6 Å². The Labute approximate surface area is 149 Å². The maximum atomic E-state index is 12.2. The molecule has 3 aromatic rings. The predicted molar refractivity (Wildman–Crippen MR) is 97.9 cm³/mol. The van der Waals surface area contributed by atoms with Crippen molar-refractivity contribution in [1.29, 1.82) is 0 Å². The molecule has 24 heavy (non-hydrogen) atoms. The van der Waals surface area contributed by atoms with Gasteiger partial charge < -0.3 is 10.1 Å². The van der Waals surface area contributed by atoms with Gasteiger partial charge in [-0.1, -0.05) is 41.9 Å². The molecule has 0 radical (unpaired) electrons. The molecule has 0 fully saturated rings. The van der Waals surface area contributed by atoms with Crippen LogP contribution in [0.5, 0.6) is 5.75 Å². The molecule has 2 aromatic carbocycles. The molecule has 4 nitrogen and oxygen atoms in total. The third-order valence-corrected chi connectivity index (χ3v) is 4.38. The van der Waals surface area contributed by atoms with Crippen molar-refractivity contribution in [2.24, 2.45) is 0 Å². The number of aromatic nitrogens is 1. The third kappa shape index (κ3) is 3.93. The van der Waals surface area contributed by atoms with E-state index in [1.807, 2.05) is 36.6 Å². The monoisotopic (exact) mass is 358 g/mol. The number of rotatable bonds is 5. The maximum absolute atomic E-state index is 12.2. The van der Waals surface area contributed by atoms with Crippen molar-refractivity contribution in [1.82, 2.24) is 4.98 Å². The van der Waals surface area contributed by atoms with Gasteiger partial charge in [0.1, 0.15) is 5.75 Å². The van der Waals surface area contributed by atoms with E-state index in [9.17, 15) is 4.79 Å². The molecule has 0 bridgehead atoms. The lowest BCUT2D eigenvalue weighted by Crippen LogP contribution is -2.20. The summed E-state index contributed by atoms with van der Waals surface area (Å²) < 4.78 is 5.46. The lowest BCUT2D eigenvalue weighted by atomic mass is 10.1. The summed E-state index contributed by atoms with van der Waals surface area (Å²) in [6, 6.07) is 14.6. The molecule has 0 saturated carbocycles. The van der Waals surface area contributed by atoms with Crippen molar-refractivity contribution >= 4 is 34.5 Å². The van der Waals surface area contributed by atoms with Crippen LogP contribution in [-0.2, 0) is 4.79 Å². The Kier molecular flexibility index (Phi) is 5.13. The number of hydrogen-bond donors (Lipinski definition) is 1. The van der Waals surface area contributed by atoms with Crippen LogP contribution in [0.1, 0.15) is 5.01 Å². The van der Waals surface area contributed by atoms with Crippen LogP contribution in [0.25, 0.3) is 11.3 Å². The minimum atomic E-state index is -0.255. The minimum absolute atomic E-state index is 0.117. The number of benzene rings is 2. The molecule has 0 atom stereocenters. The number of anilines is 1. The number of carbonyl (C=O) groups excluding carboxylic acids is 1. The van der Waals surface area contributed by atoms with Crippen molar-refractivity contribution in [2.75, 3.05) is 11.9 Å². The fraction of sp³-hybridized carbons (Fsp3) is 0.111. The second-order valence-electron chi connectivity index (χ2n) is 5.06. The highest BCUT2D eigenvalue weighted by molar-refractivity contribution is 7.09. The number of carbonyl (C=O) groups is 1. The van der Waals surface area contributed by atoms with Crippen molar-refractivity contribution in [3.05, 3.63) is 63.9 Å². The van der Waals surface area contributed by atoms with E-state index < -0.39 is 0 Å². The Hall–Kier alpha value is -2.37. The van der Waals surface area contributed by atoms with Crippen LogP contribution in [0.2, 0.25) is 5.02 Å². The highest BCUT2D eigenvalue weighted by Crippen LogP contribution is 2.29. The lowest BCUT2D eigenvalue weighted by Gasteiger charge is -2.11. The highest BCUT2D eigenvalue weighted by atomic mass is 35.5. The molecule has 0 aliphatic rings. The Morgan fingerprint density at radius 3 is 2.71 bits per heavy atom. The molecule has 0 saturated heterocycles. The molecule has 0 unspecified atom stereocenters. The number of aryl methyl sites for hydroxylation is 1. The molecule has 1 heterocycles. The van der Waals surface area contributed by atoms with Crippen LogP contribution >= 0.6 is 22.9 Å². The highest BCUT2D eigenvalue weighted by Gasteiger charge is 2.11. The van der Waals surface area contributed by atoms with E-state index in [0.717, 1.165) is 16.3 Å². The summed E-state index contributed by atoms with van der Waals surface area (Å²) in [5.41, 5.74) is 2.43. The molecule has 6 heteroatoms. The van der Waals surface area contributed by atoms with Gasteiger partial charge in [-0.3, -0.25) is 4.79 Å². The van der Waals surface area contributed by atoms with Crippen LogP contribution in [0.3, 0.4) is 0 Å². The standard InChI is InChI=1S/C18H15ClN2O2S/c1-12-20-16(11-24-12)13-6-2-4-8-15(13)21-18(22)10-23-17-9-5-3-7-14(17)19/h2-9,11H,10H2,1H3,(H,21,22). The van der Waals surface area contributed by atoms with Gasteiger partial charge in [0.05, 0.1) is 21.4 Å². The van der Waals surface area contributed by atoms with Gasteiger partial charge in [-0.25, -0.2) is 4.98 Å². The number of ether oxygens (including phenoxy) is 1. The van der Waals surface area contributed by atoms with Crippen LogP contribution in [0, 0.1) is 6.92 Å². The second kappa shape index (κ2) is 7.47. The summed E-state index contributed by atoms with van der Waals surface area (Å²) in [4.78, 5) is 16.7. The lowest BCUT2D eigenvalue weighted by molar-refractivity contribution is -0.118. The van der Waals surface area contributed by atoms with Crippen LogP contribution in [0.4, 0.5) is 5.69 Å². The van der Waals surface area contributed by atoms with Gasteiger partial charge in [-0.2, -0.15) is 0 Å². The van der Waals surface area contributed by atoms with Crippen LogP contribution in [-0.4, -0.2) is 17.5 Å². The van der Waals surface area contributed by atoms with Crippen LogP contribution < -0.4 is 10.1 Å². The first-order chi connectivity index (χ1) is 11.6. The first kappa shape index (κ1) is 16.5. The van der Waals surface area contributed by atoms with E-state index in [4.69, 9.17) is 16.3 Å². The summed E-state index contributed by atoms with van der Waals surface area (Å²) >= 11 is 7.58. The Balaban J connectivity index is 1.70. The summed E-state index contributed by atoms with van der Waals surface area (Å²) in [5, 5.41) is 6.29. The van der Waals surface area contributed by atoms with Gasteiger partial charge in [0.25, 0.3) is 5.91 Å². The Morgan fingerprint density at radius 1 is 1.21 bits per heavy atom. The quantitative estimate of drug-likeness (QED) is 0.713. The zero-order valence-corrected chi connectivity index (χ0v) is 14.5. The average molecular weight is 359 g/mol. The number of para-hydroxylation sites is 2.